The zero-order valence-electron chi connectivity index (χ0n) is 18.8. The fourth-order valence-electron chi connectivity index (χ4n) is 4.95. The van der Waals surface area contributed by atoms with Crippen molar-refractivity contribution in [2.45, 2.75) is 78.1 Å². The second-order valence-electron chi connectivity index (χ2n) is 8.90. The minimum absolute atomic E-state index is 0.257. The minimum Gasteiger partial charge on any atom is -0.206 e. The average molecular weight is 429 g/mol. The van der Waals surface area contributed by atoms with Gasteiger partial charge in [0, 0.05) is 5.56 Å². The third-order valence-electron chi connectivity index (χ3n) is 6.82. The van der Waals surface area contributed by atoms with Crippen molar-refractivity contribution < 1.29 is 13.2 Å². The van der Waals surface area contributed by atoms with Crippen LogP contribution in [0.4, 0.5) is 13.2 Å². The Balaban J connectivity index is 1.51. The largest absolute Gasteiger partial charge is 0.266 e. The molecule has 168 valence electrons. The van der Waals surface area contributed by atoms with E-state index in [4.69, 9.17) is 0 Å². The Morgan fingerprint density at radius 2 is 1.68 bits per heavy atom. The molecule has 0 aromatic heterocycles. The predicted molar refractivity (Wildman–Crippen MR) is 124 cm³/mol. The molecule has 2 aromatic rings. The lowest BCUT2D eigenvalue weighted by Crippen LogP contribution is -2.13. The van der Waals surface area contributed by atoms with Crippen LogP contribution in [0, 0.1) is 17.7 Å². The summed E-state index contributed by atoms with van der Waals surface area (Å²) in [5, 5.41) is 0. The lowest BCUT2D eigenvalue weighted by molar-refractivity contribution is 0.145. The van der Waals surface area contributed by atoms with E-state index in [0.29, 0.717) is 17.5 Å². The lowest BCUT2D eigenvalue weighted by Gasteiger charge is -2.26. The van der Waals surface area contributed by atoms with Crippen molar-refractivity contribution in [1.29, 1.82) is 0 Å². The van der Waals surface area contributed by atoms with Gasteiger partial charge in [0.2, 0.25) is 0 Å². The first-order valence-corrected chi connectivity index (χ1v) is 11.8. The summed E-state index contributed by atoms with van der Waals surface area (Å²) in [6.07, 6.45) is 12.2. The molecule has 1 aliphatic rings. The van der Waals surface area contributed by atoms with E-state index in [1.54, 1.807) is 19.1 Å². The molecular formula is C28H35F3. The van der Waals surface area contributed by atoms with E-state index in [1.165, 1.54) is 44.1 Å². The van der Waals surface area contributed by atoms with Gasteiger partial charge in [0.05, 0.1) is 5.56 Å². The fraction of sp³-hybridized carbons (Fsp3) is 0.500. The van der Waals surface area contributed by atoms with E-state index in [0.717, 1.165) is 24.7 Å². The topological polar surface area (TPSA) is 0 Å². The van der Waals surface area contributed by atoms with E-state index in [-0.39, 0.29) is 5.56 Å². The smallest absolute Gasteiger partial charge is 0.206 e. The Morgan fingerprint density at radius 3 is 2.29 bits per heavy atom. The second kappa shape index (κ2) is 11.5. The molecule has 31 heavy (non-hydrogen) atoms. The van der Waals surface area contributed by atoms with Gasteiger partial charge in [0.25, 0.3) is 6.43 Å². The van der Waals surface area contributed by atoms with Gasteiger partial charge in [0.15, 0.2) is 0 Å². The first kappa shape index (κ1) is 23.6. The Labute approximate surface area is 185 Å². The van der Waals surface area contributed by atoms with Crippen LogP contribution in [-0.4, -0.2) is 0 Å². The molecule has 0 amide bonds. The summed E-state index contributed by atoms with van der Waals surface area (Å²) in [7, 11) is 0. The van der Waals surface area contributed by atoms with Crippen molar-refractivity contribution in [3.05, 3.63) is 71.1 Å². The summed E-state index contributed by atoms with van der Waals surface area (Å²) in [6, 6.07) is 11.0. The number of hydrogen-bond acceptors (Lipinski definition) is 0. The maximum Gasteiger partial charge on any atom is 0.266 e. The van der Waals surface area contributed by atoms with Crippen molar-refractivity contribution in [3.8, 4) is 11.1 Å². The molecule has 0 bridgehead atoms. The van der Waals surface area contributed by atoms with Crippen LogP contribution in [0.25, 0.3) is 11.1 Å². The minimum atomic E-state index is -2.80. The highest BCUT2D eigenvalue weighted by Gasteiger charge is 2.21. The Hall–Kier alpha value is -2.03. The lowest BCUT2D eigenvalue weighted by atomic mass is 9.79. The number of halogens is 3. The molecule has 0 N–H and O–H groups in total. The number of rotatable bonds is 9. The molecule has 3 heteroatoms. The van der Waals surface area contributed by atoms with E-state index < -0.39 is 17.8 Å². The van der Waals surface area contributed by atoms with E-state index in [1.807, 2.05) is 24.3 Å². The van der Waals surface area contributed by atoms with Crippen molar-refractivity contribution in [2.75, 3.05) is 0 Å². The van der Waals surface area contributed by atoms with Crippen LogP contribution in [0.3, 0.4) is 0 Å². The number of aryl methyl sites for hydroxylation is 2. The number of benzene rings is 2. The van der Waals surface area contributed by atoms with E-state index in [2.05, 4.69) is 19.1 Å². The van der Waals surface area contributed by atoms with E-state index in [9.17, 15) is 13.2 Å². The van der Waals surface area contributed by atoms with Crippen LogP contribution in [0.1, 0.15) is 81.9 Å². The summed E-state index contributed by atoms with van der Waals surface area (Å²) in [5.41, 5.74) is 2.06. The molecule has 0 saturated heterocycles. The Bertz CT molecular complexity index is 843. The number of allylic oxidation sites excluding steroid dienone is 2. The highest BCUT2D eigenvalue weighted by Crippen LogP contribution is 2.34. The third kappa shape index (κ3) is 6.24. The highest BCUT2D eigenvalue weighted by atomic mass is 19.3. The zero-order valence-corrected chi connectivity index (χ0v) is 18.8. The van der Waals surface area contributed by atoms with Crippen LogP contribution < -0.4 is 0 Å². The Morgan fingerprint density at radius 1 is 0.968 bits per heavy atom. The van der Waals surface area contributed by atoms with Gasteiger partial charge >= 0.3 is 0 Å². The zero-order chi connectivity index (χ0) is 22.2. The molecule has 0 radical (unpaired) electrons. The summed E-state index contributed by atoms with van der Waals surface area (Å²) >= 11 is 0. The monoisotopic (exact) mass is 428 g/mol. The van der Waals surface area contributed by atoms with Crippen LogP contribution in [0.2, 0.25) is 0 Å². The molecule has 0 unspecified atom stereocenters. The fourth-order valence-corrected chi connectivity index (χ4v) is 4.95. The molecule has 0 atom stereocenters. The van der Waals surface area contributed by atoms with Gasteiger partial charge in [-0.25, -0.2) is 13.2 Å². The van der Waals surface area contributed by atoms with E-state index >= 15 is 0 Å². The molecular weight excluding hydrogens is 393 g/mol. The third-order valence-corrected chi connectivity index (χ3v) is 6.82. The number of hydrogen-bond donors (Lipinski definition) is 0. The molecule has 1 fully saturated rings. The molecule has 0 aliphatic heterocycles. The maximum atomic E-state index is 14.8. The SMILES string of the molecule is CC=CC1CCC(CCCCc2ccc(-c3ccc(CC)c(C(F)F)c3F)cc2)CC1. The molecule has 1 aliphatic carbocycles. The summed E-state index contributed by atoms with van der Waals surface area (Å²) in [5.74, 6) is 0.882. The van der Waals surface area contributed by atoms with Crippen LogP contribution >= 0.6 is 0 Å². The van der Waals surface area contributed by atoms with Crippen molar-refractivity contribution in [2.24, 2.45) is 11.8 Å². The van der Waals surface area contributed by atoms with Gasteiger partial charge in [-0.05, 0) is 80.4 Å². The highest BCUT2D eigenvalue weighted by molar-refractivity contribution is 5.66. The van der Waals surface area contributed by atoms with Crippen LogP contribution in [-0.2, 0) is 12.8 Å². The van der Waals surface area contributed by atoms with Crippen molar-refractivity contribution >= 4 is 0 Å². The summed E-state index contributed by atoms with van der Waals surface area (Å²) < 4.78 is 41.5. The first-order chi connectivity index (χ1) is 15.0. The van der Waals surface area contributed by atoms with Gasteiger partial charge in [-0.2, -0.15) is 0 Å². The first-order valence-electron chi connectivity index (χ1n) is 11.8. The molecule has 0 heterocycles. The van der Waals surface area contributed by atoms with Gasteiger partial charge < -0.3 is 0 Å². The standard InChI is InChI=1S/C28H35F3/c1-3-7-20-10-12-21(13-11-20)8-5-6-9-22-14-16-24(17-15-22)25-19-18-23(4-2)26(27(25)29)28(30)31/h3,7,14-21,28H,4-6,8-13H2,1-2H3. The second-order valence-corrected chi connectivity index (χ2v) is 8.90. The van der Waals surface area contributed by atoms with Gasteiger partial charge in [-0.1, -0.05) is 68.3 Å². The van der Waals surface area contributed by atoms with Crippen LogP contribution in [0.15, 0.2) is 48.6 Å². The predicted octanol–water partition coefficient (Wildman–Crippen LogP) is 9.09. The number of alkyl halides is 2. The summed E-state index contributed by atoms with van der Waals surface area (Å²) in [4.78, 5) is 0. The number of unbranched alkanes of at least 4 members (excludes halogenated alkanes) is 1. The molecule has 2 aromatic carbocycles. The van der Waals surface area contributed by atoms with Gasteiger partial charge in [-0.15, -0.1) is 0 Å². The average Bonchev–Trinajstić information content (AvgIpc) is 2.78. The molecule has 3 rings (SSSR count). The normalized spacial score (nSPS) is 19.4. The molecule has 1 saturated carbocycles. The van der Waals surface area contributed by atoms with Crippen molar-refractivity contribution in [1.82, 2.24) is 0 Å². The van der Waals surface area contributed by atoms with Crippen LogP contribution in [0.5, 0.6) is 0 Å². The quantitative estimate of drug-likeness (QED) is 0.276. The molecule has 0 spiro atoms. The van der Waals surface area contributed by atoms with Crippen molar-refractivity contribution in [3.63, 3.8) is 0 Å². The Kier molecular flexibility index (Phi) is 8.80. The summed E-state index contributed by atoms with van der Waals surface area (Å²) in [6.45, 7) is 3.88. The molecule has 0 nitrogen and oxygen atoms in total. The van der Waals surface area contributed by atoms with Gasteiger partial charge in [-0.3, -0.25) is 0 Å². The maximum absolute atomic E-state index is 14.8. The van der Waals surface area contributed by atoms with Gasteiger partial charge in [0.1, 0.15) is 5.82 Å².